The summed E-state index contributed by atoms with van der Waals surface area (Å²) in [6, 6.07) is 9.92. The second kappa shape index (κ2) is 7.28. The molecule has 0 radical (unpaired) electrons. The van der Waals surface area contributed by atoms with Gasteiger partial charge in [0.15, 0.2) is 5.82 Å². The van der Waals surface area contributed by atoms with Crippen LogP contribution in [0.5, 0.6) is 0 Å². The van der Waals surface area contributed by atoms with Crippen molar-refractivity contribution >= 4 is 11.8 Å². The fourth-order valence-corrected chi connectivity index (χ4v) is 3.28. The molecule has 3 heterocycles. The minimum atomic E-state index is -0.342. The summed E-state index contributed by atoms with van der Waals surface area (Å²) in [6.45, 7) is 3.91. The molecule has 0 bridgehead atoms. The molecule has 0 aliphatic heterocycles. The molecule has 136 valence electrons. The van der Waals surface area contributed by atoms with E-state index in [-0.39, 0.29) is 5.82 Å². The van der Waals surface area contributed by atoms with E-state index in [0.29, 0.717) is 28.8 Å². The number of aryl methyl sites for hydroxylation is 2. The van der Waals surface area contributed by atoms with Crippen LogP contribution in [-0.4, -0.2) is 29.9 Å². The fraction of sp³-hybridized carbons (Fsp3) is 0.167. The minimum Gasteiger partial charge on any atom is -0.338 e. The van der Waals surface area contributed by atoms with E-state index < -0.39 is 0 Å². The molecule has 4 aromatic rings. The van der Waals surface area contributed by atoms with Gasteiger partial charge in [0.1, 0.15) is 17.2 Å². The summed E-state index contributed by atoms with van der Waals surface area (Å²) in [5.74, 6) is 1.59. The molecule has 0 amide bonds. The lowest BCUT2D eigenvalue weighted by molar-refractivity contribution is 0.391. The Bertz CT molecular complexity index is 1090. The molecule has 0 aliphatic carbocycles. The molecular formula is C18H15FN6OS. The van der Waals surface area contributed by atoms with Gasteiger partial charge >= 0.3 is 0 Å². The molecule has 0 fully saturated rings. The molecule has 0 unspecified atom stereocenters. The Morgan fingerprint density at radius 2 is 2.04 bits per heavy atom. The van der Waals surface area contributed by atoms with E-state index in [0.717, 1.165) is 16.4 Å². The Balaban J connectivity index is 1.48. The van der Waals surface area contributed by atoms with E-state index in [1.807, 2.05) is 26.0 Å². The smallest absolute Gasteiger partial charge is 0.237 e. The first-order valence-electron chi connectivity index (χ1n) is 8.15. The first-order valence-corrected chi connectivity index (χ1v) is 9.14. The monoisotopic (exact) mass is 382 g/mol. The van der Waals surface area contributed by atoms with Crippen LogP contribution in [-0.2, 0) is 5.75 Å². The van der Waals surface area contributed by atoms with E-state index in [4.69, 9.17) is 4.52 Å². The molecule has 7 nitrogen and oxygen atoms in total. The van der Waals surface area contributed by atoms with Crippen LogP contribution in [0, 0.1) is 19.7 Å². The first-order chi connectivity index (χ1) is 13.1. The van der Waals surface area contributed by atoms with Crippen molar-refractivity contribution in [3.63, 3.8) is 0 Å². The quantitative estimate of drug-likeness (QED) is 0.384. The summed E-state index contributed by atoms with van der Waals surface area (Å²) < 4.78 is 20.4. The number of benzene rings is 1. The van der Waals surface area contributed by atoms with Crippen LogP contribution < -0.4 is 0 Å². The minimum absolute atomic E-state index is 0.342. The molecular weight excluding hydrogens is 367 g/mol. The van der Waals surface area contributed by atoms with Crippen molar-refractivity contribution in [2.45, 2.75) is 24.6 Å². The molecule has 0 saturated heterocycles. The molecule has 0 aliphatic rings. The maximum absolute atomic E-state index is 13.3. The van der Waals surface area contributed by atoms with Crippen LogP contribution in [0.3, 0.4) is 0 Å². The number of thioether (sulfide) groups is 1. The van der Waals surface area contributed by atoms with Crippen molar-refractivity contribution in [1.29, 1.82) is 0 Å². The van der Waals surface area contributed by atoms with Crippen LogP contribution in [0.1, 0.15) is 17.3 Å². The van der Waals surface area contributed by atoms with Crippen LogP contribution in [0.2, 0.25) is 0 Å². The number of halogens is 1. The van der Waals surface area contributed by atoms with Gasteiger partial charge in [-0.3, -0.25) is 0 Å². The highest BCUT2D eigenvalue weighted by molar-refractivity contribution is 7.98. The Hall–Kier alpha value is -3.07. The average molecular weight is 382 g/mol. The maximum atomic E-state index is 13.3. The average Bonchev–Trinajstić information content (AvgIpc) is 3.26. The van der Waals surface area contributed by atoms with Crippen molar-refractivity contribution in [2.24, 2.45) is 0 Å². The number of hydrogen-bond acceptors (Lipinski definition) is 7. The van der Waals surface area contributed by atoms with Gasteiger partial charge < -0.3 is 4.52 Å². The van der Waals surface area contributed by atoms with Crippen molar-refractivity contribution < 1.29 is 8.91 Å². The third kappa shape index (κ3) is 3.87. The third-order valence-corrected chi connectivity index (χ3v) is 4.66. The summed E-state index contributed by atoms with van der Waals surface area (Å²) in [6.07, 6.45) is 1.50. The molecule has 0 N–H and O–H groups in total. The fourth-order valence-electron chi connectivity index (χ4n) is 2.58. The molecule has 27 heavy (non-hydrogen) atoms. The standard InChI is InChI=1S/C18H15FN6OS/c1-11-6-12(2)25(23-11)15-8-17(21-10-20-15)27-9-16-22-18(24-26-16)13-4-3-5-14(19)7-13/h3-8,10H,9H2,1-2H3. The lowest BCUT2D eigenvalue weighted by atomic mass is 10.2. The van der Waals surface area contributed by atoms with E-state index in [2.05, 4.69) is 25.2 Å². The Kier molecular flexibility index (Phi) is 4.68. The van der Waals surface area contributed by atoms with Crippen molar-refractivity contribution in [3.05, 3.63) is 65.8 Å². The molecule has 0 saturated carbocycles. The zero-order valence-corrected chi connectivity index (χ0v) is 15.4. The Morgan fingerprint density at radius 3 is 2.81 bits per heavy atom. The van der Waals surface area contributed by atoms with Gasteiger partial charge in [0, 0.05) is 17.3 Å². The van der Waals surface area contributed by atoms with Crippen LogP contribution in [0.15, 0.2) is 52.3 Å². The summed E-state index contributed by atoms with van der Waals surface area (Å²) in [5, 5.41) is 9.10. The van der Waals surface area contributed by atoms with Gasteiger partial charge in [-0.1, -0.05) is 29.1 Å². The molecule has 4 rings (SSSR count). The summed E-state index contributed by atoms with van der Waals surface area (Å²) in [7, 11) is 0. The zero-order valence-electron chi connectivity index (χ0n) is 14.6. The van der Waals surface area contributed by atoms with Crippen LogP contribution in [0.25, 0.3) is 17.2 Å². The summed E-state index contributed by atoms with van der Waals surface area (Å²) in [5.41, 5.74) is 2.50. The molecule has 1 aromatic carbocycles. The van der Waals surface area contributed by atoms with E-state index in [1.165, 1.54) is 30.2 Å². The Morgan fingerprint density at radius 1 is 1.15 bits per heavy atom. The predicted octanol–water partition coefficient (Wildman–Crippen LogP) is 3.76. The van der Waals surface area contributed by atoms with E-state index in [1.54, 1.807) is 16.8 Å². The van der Waals surface area contributed by atoms with Gasteiger partial charge in [-0.15, -0.1) is 0 Å². The van der Waals surface area contributed by atoms with Gasteiger partial charge in [-0.2, -0.15) is 10.1 Å². The zero-order chi connectivity index (χ0) is 18.8. The number of aromatic nitrogens is 6. The molecule has 0 atom stereocenters. The van der Waals surface area contributed by atoms with E-state index >= 15 is 0 Å². The van der Waals surface area contributed by atoms with Crippen molar-refractivity contribution in [2.75, 3.05) is 0 Å². The number of nitrogens with zero attached hydrogens (tertiary/aromatic N) is 6. The normalized spacial score (nSPS) is 11.1. The van der Waals surface area contributed by atoms with Crippen LogP contribution >= 0.6 is 11.8 Å². The lowest BCUT2D eigenvalue weighted by Crippen LogP contribution is -2.02. The highest BCUT2D eigenvalue weighted by Gasteiger charge is 2.11. The van der Waals surface area contributed by atoms with Gasteiger partial charge in [-0.25, -0.2) is 19.0 Å². The SMILES string of the molecule is Cc1cc(C)n(-c2cc(SCc3nc(-c4cccc(F)c4)no3)ncn2)n1. The van der Waals surface area contributed by atoms with Crippen molar-refractivity contribution in [3.8, 4) is 17.2 Å². The molecule has 9 heteroatoms. The highest BCUT2D eigenvalue weighted by atomic mass is 32.2. The first kappa shape index (κ1) is 17.3. The second-order valence-corrected chi connectivity index (χ2v) is 6.86. The van der Waals surface area contributed by atoms with Gasteiger partial charge in [0.05, 0.1) is 11.4 Å². The van der Waals surface area contributed by atoms with Crippen LogP contribution in [0.4, 0.5) is 4.39 Å². The van der Waals surface area contributed by atoms with Crippen molar-refractivity contribution in [1.82, 2.24) is 29.9 Å². The second-order valence-electron chi connectivity index (χ2n) is 5.86. The topological polar surface area (TPSA) is 82.5 Å². The summed E-state index contributed by atoms with van der Waals surface area (Å²) >= 11 is 1.44. The summed E-state index contributed by atoms with van der Waals surface area (Å²) in [4.78, 5) is 12.9. The van der Waals surface area contributed by atoms with Gasteiger partial charge in [0.25, 0.3) is 0 Å². The Labute approximate surface area is 158 Å². The highest BCUT2D eigenvalue weighted by Crippen LogP contribution is 2.23. The number of hydrogen-bond donors (Lipinski definition) is 0. The number of rotatable bonds is 5. The van der Waals surface area contributed by atoms with Gasteiger partial charge in [-0.05, 0) is 32.0 Å². The lowest BCUT2D eigenvalue weighted by Gasteiger charge is -2.04. The predicted molar refractivity (Wildman–Crippen MR) is 97.9 cm³/mol. The maximum Gasteiger partial charge on any atom is 0.237 e. The molecule has 0 spiro atoms. The largest absolute Gasteiger partial charge is 0.338 e. The third-order valence-electron chi connectivity index (χ3n) is 3.75. The van der Waals surface area contributed by atoms with E-state index in [9.17, 15) is 4.39 Å². The molecule has 3 aromatic heterocycles. The van der Waals surface area contributed by atoms with Gasteiger partial charge in [0.2, 0.25) is 11.7 Å².